The van der Waals surface area contributed by atoms with Gasteiger partial charge in [-0.25, -0.2) is 9.78 Å². The highest BCUT2D eigenvalue weighted by atomic mass is 79.9. The van der Waals surface area contributed by atoms with Crippen LogP contribution in [0.1, 0.15) is 23.4 Å². The highest BCUT2D eigenvalue weighted by molar-refractivity contribution is 9.10. The monoisotopic (exact) mass is 556 g/mol. The summed E-state index contributed by atoms with van der Waals surface area (Å²) in [5.74, 6) is 0. The molecule has 5 rings (SSSR count). The van der Waals surface area contributed by atoms with E-state index in [-0.39, 0.29) is 6.03 Å². The molecule has 1 N–H and O–H groups in total. The van der Waals surface area contributed by atoms with Crippen molar-refractivity contribution in [3.05, 3.63) is 113 Å². The minimum Gasteiger partial charge on any atom is -0.385 e. The molecule has 0 unspecified atom stereocenters. The van der Waals surface area contributed by atoms with Crippen molar-refractivity contribution in [1.29, 1.82) is 0 Å². The van der Waals surface area contributed by atoms with Gasteiger partial charge in [-0.2, -0.15) is 0 Å². The van der Waals surface area contributed by atoms with Crippen molar-refractivity contribution in [1.82, 2.24) is 19.4 Å². The van der Waals surface area contributed by atoms with E-state index in [9.17, 15) is 4.79 Å². The molecule has 0 aliphatic heterocycles. The van der Waals surface area contributed by atoms with E-state index in [2.05, 4.69) is 79.3 Å². The number of carbonyl (C=O) groups excluding carboxylic acids is 1. The van der Waals surface area contributed by atoms with E-state index in [1.807, 2.05) is 43.0 Å². The zero-order chi connectivity index (χ0) is 25.6. The van der Waals surface area contributed by atoms with Crippen LogP contribution in [0.4, 0.5) is 4.79 Å². The smallest absolute Gasteiger partial charge is 0.325 e. The molecular formula is C30H29BrN4O2. The van der Waals surface area contributed by atoms with Crippen molar-refractivity contribution in [2.45, 2.75) is 19.4 Å². The molecule has 0 aliphatic carbocycles. The summed E-state index contributed by atoms with van der Waals surface area (Å²) in [4.78, 5) is 17.7. The Balaban J connectivity index is 1.48. The van der Waals surface area contributed by atoms with Gasteiger partial charge in [0.1, 0.15) is 0 Å². The van der Waals surface area contributed by atoms with Crippen LogP contribution in [0.3, 0.4) is 0 Å². The van der Waals surface area contributed by atoms with Gasteiger partial charge in [0.05, 0.1) is 6.33 Å². The average Bonchev–Trinajstić information content (AvgIpc) is 3.54. The molecule has 5 aromatic rings. The van der Waals surface area contributed by atoms with Crippen molar-refractivity contribution in [3.8, 4) is 11.1 Å². The van der Waals surface area contributed by atoms with Gasteiger partial charge in [0.2, 0.25) is 0 Å². The van der Waals surface area contributed by atoms with Gasteiger partial charge in [-0.15, -0.1) is 0 Å². The van der Waals surface area contributed by atoms with Crippen molar-refractivity contribution in [3.63, 3.8) is 0 Å². The van der Waals surface area contributed by atoms with Crippen LogP contribution < -0.4 is 5.32 Å². The molecule has 0 saturated heterocycles. The molecule has 7 heteroatoms. The first-order valence-corrected chi connectivity index (χ1v) is 13.1. The maximum atomic E-state index is 13.3. The Morgan fingerprint density at radius 3 is 2.68 bits per heavy atom. The maximum Gasteiger partial charge on any atom is 0.325 e. The van der Waals surface area contributed by atoms with Crippen LogP contribution in [-0.4, -0.2) is 40.4 Å². The average molecular weight is 557 g/mol. The largest absolute Gasteiger partial charge is 0.385 e. The number of ether oxygens (including phenoxy) is 1. The van der Waals surface area contributed by atoms with Crippen molar-refractivity contribution in [2.24, 2.45) is 0 Å². The lowest BCUT2D eigenvalue weighted by Crippen LogP contribution is -2.30. The van der Waals surface area contributed by atoms with Gasteiger partial charge in [-0.3, -0.25) is 4.57 Å². The third-order valence-electron chi connectivity index (χ3n) is 6.45. The van der Waals surface area contributed by atoms with E-state index < -0.39 is 0 Å². The fourth-order valence-corrected chi connectivity index (χ4v) is 4.83. The highest BCUT2D eigenvalue weighted by Gasteiger charge is 2.17. The van der Waals surface area contributed by atoms with E-state index in [1.54, 1.807) is 11.7 Å². The molecule has 0 bridgehead atoms. The summed E-state index contributed by atoms with van der Waals surface area (Å²) in [5.41, 5.74) is 5.25. The van der Waals surface area contributed by atoms with Gasteiger partial charge in [0.15, 0.2) is 0 Å². The lowest BCUT2D eigenvalue weighted by atomic mass is 10.00. The molecule has 0 saturated carbocycles. The summed E-state index contributed by atoms with van der Waals surface area (Å²) in [6, 6.07) is 24.9. The van der Waals surface area contributed by atoms with E-state index >= 15 is 0 Å². The van der Waals surface area contributed by atoms with E-state index in [0.717, 1.165) is 38.8 Å². The number of methoxy groups -OCH3 is 1. The predicted octanol–water partition coefficient (Wildman–Crippen LogP) is 6.50. The summed E-state index contributed by atoms with van der Waals surface area (Å²) < 4.78 is 10.0. The molecule has 3 aromatic carbocycles. The topological polar surface area (TPSA) is 61.1 Å². The molecule has 37 heavy (non-hydrogen) atoms. The van der Waals surface area contributed by atoms with Crippen molar-refractivity contribution in [2.75, 3.05) is 20.3 Å². The van der Waals surface area contributed by atoms with Crippen LogP contribution in [0.5, 0.6) is 0 Å². The second kappa shape index (κ2) is 11.6. The van der Waals surface area contributed by atoms with Crippen LogP contribution in [-0.2, 0) is 17.7 Å². The number of amides is 1. The molecular weight excluding hydrogens is 528 g/mol. The van der Waals surface area contributed by atoms with Gasteiger partial charge in [-0.05, 0) is 46.5 Å². The number of hydrogen-bond acceptors (Lipinski definition) is 3. The number of halogens is 1. The predicted molar refractivity (Wildman–Crippen MR) is 151 cm³/mol. The minimum atomic E-state index is -0.142. The molecule has 2 heterocycles. The van der Waals surface area contributed by atoms with Gasteiger partial charge >= 0.3 is 6.03 Å². The molecule has 0 atom stereocenters. The number of hydrogen-bond donors (Lipinski definition) is 1. The number of aromatic nitrogens is 3. The van der Waals surface area contributed by atoms with Crippen LogP contribution in [0, 0.1) is 0 Å². The number of rotatable bonds is 9. The molecule has 0 spiro atoms. The molecule has 2 aromatic heterocycles. The fraction of sp³-hybridized carbons (Fsp3) is 0.200. The first-order chi connectivity index (χ1) is 18.1. The number of benzene rings is 3. The van der Waals surface area contributed by atoms with Crippen LogP contribution >= 0.6 is 15.9 Å². The Kier molecular flexibility index (Phi) is 7.82. The lowest BCUT2D eigenvalue weighted by Gasteiger charge is -2.12. The fourth-order valence-electron chi connectivity index (χ4n) is 4.56. The Morgan fingerprint density at radius 1 is 1.03 bits per heavy atom. The first kappa shape index (κ1) is 25.0. The van der Waals surface area contributed by atoms with Crippen molar-refractivity contribution < 1.29 is 9.53 Å². The minimum absolute atomic E-state index is 0.142. The van der Waals surface area contributed by atoms with Gasteiger partial charge in [0.25, 0.3) is 0 Å². The Hall–Kier alpha value is -3.68. The molecule has 1 amide bonds. The number of carbonyl (C=O) groups is 1. The standard InChI is InChI=1S/C30H29BrN4O2/c1-37-15-5-14-33-30(36)35-20-24(29-9-4-7-23-6-2-3-8-28(23)29)16-26(35)17-27-18-32-21-34(27)19-22-10-12-25(31)13-11-22/h2-4,6-13,16,18,20-21H,5,14-15,17,19H2,1H3,(H,33,36). The van der Waals surface area contributed by atoms with Crippen LogP contribution in [0.2, 0.25) is 0 Å². The second-order valence-electron chi connectivity index (χ2n) is 9.01. The quantitative estimate of drug-likeness (QED) is 0.211. The maximum absolute atomic E-state index is 13.3. The van der Waals surface area contributed by atoms with Gasteiger partial charge in [0, 0.05) is 67.0 Å². The first-order valence-electron chi connectivity index (χ1n) is 12.3. The Bertz CT molecular complexity index is 1500. The second-order valence-corrected chi connectivity index (χ2v) is 9.93. The molecule has 0 fully saturated rings. The molecule has 0 radical (unpaired) electrons. The van der Waals surface area contributed by atoms with Crippen LogP contribution in [0.25, 0.3) is 21.9 Å². The zero-order valence-corrected chi connectivity index (χ0v) is 22.3. The number of nitrogens with one attached hydrogen (secondary N) is 1. The van der Waals surface area contributed by atoms with Crippen molar-refractivity contribution >= 4 is 32.7 Å². The van der Waals surface area contributed by atoms with Crippen LogP contribution in [0.15, 0.2) is 96.0 Å². The number of fused-ring (bicyclic) bond motifs is 1. The van der Waals surface area contributed by atoms with E-state index in [1.165, 1.54) is 10.9 Å². The SMILES string of the molecule is COCCCNC(=O)n1cc(-c2cccc3ccccc23)cc1Cc1cncn1Cc1ccc(Br)cc1. The third-order valence-corrected chi connectivity index (χ3v) is 6.98. The lowest BCUT2D eigenvalue weighted by molar-refractivity contribution is 0.193. The Morgan fingerprint density at radius 2 is 1.84 bits per heavy atom. The summed E-state index contributed by atoms with van der Waals surface area (Å²) >= 11 is 3.50. The van der Waals surface area contributed by atoms with Gasteiger partial charge < -0.3 is 14.6 Å². The zero-order valence-electron chi connectivity index (χ0n) is 20.7. The highest BCUT2D eigenvalue weighted by Crippen LogP contribution is 2.30. The molecule has 188 valence electrons. The number of nitrogens with zero attached hydrogens (tertiary/aromatic N) is 3. The molecule has 6 nitrogen and oxygen atoms in total. The van der Waals surface area contributed by atoms with E-state index in [0.29, 0.717) is 26.1 Å². The summed E-state index contributed by atoms with van der Waals surface area (Å²) in [7, 11) is 1.67. The Labute approximate surface area is 225 Å². The third kappa shape index (κ3) is 5.84. The van der Waals surface area contributed by atoms with Gasteiger partial charge in [-0.1, -0.05) is 70.5 Å². The normalized spacial score (nSPS) is 11.2. The summed E-state index contributed by atoms with van der Waals surface area (Å²) in [5, 5.41) is 5.37. The summed E-state index contributed by atoms with van der Waals surface area (Å²) in [6.45, 7) is 1.87. The van der Waals surface area contributed by atoms with E-state index in [4.69, 9.17) is 4.74 Å². The summed E-state index contributed by atoms with van der Waals surface area (Å²) in [6.07, 6.45) is 7.01. The number of imidazole rings is 1. The molecule has 0 aliphatic rings.